The number of benzene rings is 1. The normalized spacial score (nSPS) is 26.3. The van der Waals surface area contributed by atoms with Crippen molar-refractivity contribution in [1.82, 2.24) is 5.32 Å². The molecule has 1 saturated carbocycles. The first kappa shape index (κ1) is 17.7. The van der Waals surface area contributed by atoms with Gasteiger partial charge in [0.1, 0.15) is 0 Å². The minimum atomic E-state index is -4.35. The lowest BCUT2D eigenvalue weighted by Crippen LogP contribution is -2.50. The van der Waals surface area contributed by atoms with Crippen LogP contribution in [0.25, 0.3) is 0 Å². The van der Waals surface area contributed by atoms with Gasteiger partial charge in [0, 0.05) is 24.3 Å². The van der Waals surface area contributed by atoms with Crippen molar-refractivity contribution in [2.45, 2.75) is 69.6 Å². The predicted molar refractivity (Wildman–Crippen MR) is 94.0 cm³/mol. The minimum absolute atomic E-state index is 0.0249. The van der Waals surface area contributed by atoms with Crippen molar-refractivity contribution >= 4 is 11.6 Å². The van der Waals surface area contributed by atoms with Crippen molar-refractivity contribution in [2.24, 2.45) is 5.92 Å². The monoisotopic (exact) mass is 366 g/mol. The van der Waals surface area contributed by atoms with E-state index >= 15 is 0 Å². The predicted octanol–water partition coefficient (Wildman–Crippen LogP) is 4.30. The lowest BCUT2D eigenvalue weighted by Gasteiger charge is -2.39. The van der Waals surface area contributed by atoms with Crippen LogP contribution in [0.4, 0.5) is 18.9 Å². The number of nitrogens with one attached hydrogen (secondary N) is 1. The number of rotatable bonds is 2. The maximum atomic E-state index is 13.1. The first-order valence-corrected chi connectivity index (χ1v) is 9.70. The van der Waals surface area contributed by atoms with E-state index in [1.54, 1.807) is 6.07 Å². The van der Waals surface area contributed by atoms with Crippen molar-refractivity contribution < 1.29 is 18.0 Å². The number of alkyl halides is 3. The van der Waals surface area contributed by atoms with E-state index in [4.69, 9.17) is 0 Å². The maximum absolute atomic E-state index is 13.1. The molecule has 0 radical (unpaired) electrons. The molecule has 26 heavy (non-hydrogen) atoms. The number of nitrogens with zero attached hydrogens (tertiary/aromatic N) is 1. The van der Waals surface area contributed by atoms with Gasteiger partial charge in [0.2, 0.25) is 5.91 Å². The number of halogens is 3. The summed E-state index contributed by atoms with van der Waals surface area (Å²) in [5, 5.41) is 3.19. The molecule has 1 aromatic carbocycles. The van der Waals surface area contributed by atoms with Gasteiger partial charge in [-0.05, 0) is 55.9 Å². The van der Waals surface area contributed by atoms with Crippen molar-refractivity contribution in [3.05, 3.63) is 29.3 Å². The molecule has 2 unspecified atom stereocenters. The first-order valence-electron chi connectivity index (χ1n) is 9.70. The van der Waals surface area contributed by atoms with Crippen LogP contribution in [0, 0.1) is 5.92 Å². The van der Waals surface area contributed by atoms with E-state index < -0.39 is 11.7 Å². The molecule has 0 aromatic heterocycles. The van der Waals surface area contributed by atoms with Gasteiger partial charge in [-0.1, -0.05) is 19.3 Å². The molecular formula is C20H25F3N2O. The number of carbonyl (C=O) groups excluding carboxylic acids is 1. The number of fused-ring (bicyclic) bond motifs is 3. The average molecular weight is 366 g/mol. The molecule has 3 aliphatic rings. The van der Waals surface area contributed by atoms with Crippen molar-refractivity contribution in [3.63, 3.8) is 0 Å². The molecule has 1 aliphatic carbocycles. The lowest BCUT2D eigenvalue weighted by molar-refractivity contribution is -0.137. The Labute approximate surface area is 151 Å². The second kappa shape index (κ2) is 6.78. The molecule has 0 spiro atoms. The maximum Gasteiger partial charge on any atom is 0.416 e. The van der Waals surface area contributed by atoms with Crippen molar-refractivity contribution in [3.8, 4) is 0 Å². The zero-order valence-electron chi connectivity index (χ0n) is 14.8. The van der Waals surface area contributed by atoms with Crippen LogP contribution in [0.3, 0.4) is 0 Å². The molecule has 1 saturated heterocycles. The Morgan fingerprint density at radius 1 is 1.08 bits per heavy atom. The SMILES string of the molecule is O=C(NC1CCCCC1)C1Cc2cc(C(F)(F)F)ccc2N2CCCC12. The fourth-order valence-electron chi connectivity index (χ4n) is 4.91. The fourth-order valence-corrected chi connectivity index (χ4v) is 4.91. The topological polar surface area (TPSA) is 32.3 Å². The third-order valence-electron chi connectivity index (χ3n) is 6.21. The van der Waals surface area contributed by atoms with Crippen LogP contribution in [0.2, 0.25) is 0 Å². The average Bonchev–Trinajstić information content (AvgIpc) is 3.10. The summed E-state index contributed by atoms with van der Waals surface area (Å²) in [4.78, 5) is 15.1. The Hall–Kier alpha value is -1.72. The van der Waals surface area contributed by atoms with E-state index in [9.17, 15) is 18.0 Å². The Morgan fingerprint density at radius 2 is 1.85 bits per heavy atom. The van der Waals surface area contributed by atoms with E-state index in [-0.39, 0.29) is 23.9 Å². The molecule has 1 N–H and O–H groups in total. The van der Waals surface area contributed by atoms with Gasteiger partial charge in [-0.2, -0.15) is 13.2 Å². The van der Waals surface area contributed by atoms with E-state index in [0.29, 0.717) is 12.0 Å². The number of hydrogen-bond donors (Lipinski definition) is 1. The molecule has 2 atom stereocenters. The Balaban J connectivity index is 1.58. The van der Waals surface area contributed by atoms with Crippen LogP contribution in [0.5, 0.6) is 0 Å². The summed E-state index contributed by atoms with van der Waals surface area (Å²) < 4.78 is 39.3. The van der Waals surface area contributed by atoms with Gasteiger partial charge >= 0.3 is 6.18 Å². The molecular weight excluding hydrogens is 341 g/mol. The Kier molecular flexibility index (Phi) is 4.61. The summed E-state index contributed by atoms with van der Waals surface area (Å²) in [7, 11) is 0. The molecule has 1 aromatic rings. The zero-order chi connectivity index (χ0) is 18.3. The molecule has 6 heteroatoms. The largest absolute Gasteiger partial charge is 0.416 e. The summed E-state index contributed by atoms with van der Waals surface area (Å²) in [6.07, 6.45) is 3.51. The number of amides is 1. The number of anilines is 1. The Bertz CT molecular complexity index is 682. The van der Waals surface area contributed by atoms with Crippen LogP contribution in [0.15, 0.2) is 18.2 Å². The third kappa shape index (κ3) is 3.30. The second-order valence-corrected chi connectivity index (χ2v) is 7.90. The fraction of sp³-hybridized carbons (Fsp3) is 0.650. The van der Waals surface area contributed by atoms with Gasteiger partial charge in [-0.25, -0.2) is 0 Å². The molecule has 1 amide bonds. The summed E-state index contributed by atoms with van der Waals surface area (Å²) in [6.45, 7) is 0.816. The van der Waals surface area contributed by atoms with Gasteiger partial charge in [-0.15, -0.1) is 0 Å². The summed E-state index contributed by atoms with van der Waals surface area (Å²) >= 11 is 0. The molecule has 0 bridgehead atoms. The Morgan fingerprint density at radius 3 is 2.58 bits per heavy atom. The van der Waals surface area contributed by atoms with Gasteiger partial charge in [0.25, 0.3) is 0 Å². The van der Waals surface area contributed by atoms with E-state index in [1.807, 2.05) is 0 Å². The van der Waals surface area contributed by atoms with Crippen LogP contribution >= 0.6 is 0 Å². The summed E-state index contributed by atoms with van der Waals surface area (Å²) in [5.74, 6) is -0.229. The molecule has 142 valence electrons. The lowest BCUT2D eigenvalue weighted by atomic mass is 9.84. The van der Waals surface area contributed by atoms with E-state index in [0.717, 1.165) is 56.8 Å². The molecule has 2 heterocycles. The highest BCUT2D eigenvalue weighted by atomic mass is 19.4. The van der Waals surface area contributed by atoms with Crippen molar-refractivity contribution in [1.29, 1.82) is 0 Å². The highest BCUT2D eigenvalue weighted by Crippen LogP contribution is 2.42. The molecule has 2 aliphatic heterocycles. The number of carbonyl (C=O) groups is 1. The van der Waals surface area contributed by atoms with Crippen LogP contribution in [-0.2, 0) is 17.4 Å². The van der Waals surface area contributed by atoms with E-state index in [1.165, 1.54) is 12.5 Å². The third-order valence-corrected chi connectivity index (χ3v) is 6.21. The van der Waals surface area contributed by atoms with Gasteiger partial charge in [-0.3, -0.25) is 4.79 Å². The smallest absolute Gasteiger partial charge is 0.368 e. The highest BCUT2D eigenvalue weighted by Gasteiger charge is 2.42. The highest BCUT2D eigenvalue weighted by molar-refractivity contribution is 5.82. The van der Waals surface area contributed by atoms with Crippen LogP contribution < -0.4 is 10.2 Å². The standard InChI is InChI=1S/C20H25F3N2O/c21-20(22,23)14-8-9-17-13(11-14)12-16(18-7-4-10-25(17)18)19(26)24-15-5-2-1-3-6-15/h8-9,11,15-16,18H,1-7,10,12H2,(H,24,26). The van der Waals surface area contributed by atoms with Crippen LogP contribution in [-0.4, -0.2) is 24.5 Å². The van der Waals surface area contributed by atoms with E-state index in [2.05, 4.69) is 10.2 Å². The van der Waals surface area contributed by atoms with Crippen molar-refractivity contribution in [2.75, 3.05) is 11.4 Å². The summed E-state index contributed by atoms with van der Waals surface area (Å²) in [5.41, 5.74) is 0.907. The molecule has 3 nitrogen and oxygen atoms in total. The minimum Gasteiger partial charge on any atom is -0.368 e. The van der Waals surface area contributed by atoms with Crippen LogP contribution in [0.1, 0.15) is 56.1 Å². The molecule has 4 rings (SSSR count). The second-order valence-electron chi connectivity index (χ2n) is 7.90. The number of hydrogen-bond acceptors (Lipinski definition) is 2. The summed E-state index contributed by atoms with van der Waals surface area (Å²) in [6, 6.07) is 4.34. The van der Waals surface area contributed by atoms with Gasteiger partial charge in [0.05, 0.1) is 11.5 Å². The van der Waals surface area contributed by atoms with Gasteiger partial charge < -0.3 is 10.2 Å². The first-order chi connectivity index (χ1) is 12.4. The van der Waals surface area contributed by atoms with Gasteiger partial charge in [0.15, 0.2) is 0 Å². The zero-order valence-corrected chi connectivity index (χ0v) is 14.8. The molecule has 2 fully saturated rings. The quantitative estimate of drug-likeness (QED) is 0.847.